The molecule has 8 heteroatoms. The van der Waals surface area contributed by atoms with Crippen molar-refractivity contribution in [3.05, 3.63) is 35.6 Å². The zero-order chi connectivity index (χ0) is 16.8. The smallest absolute Gasteiger partial charge is 0.362 e. The van der Waals surface area contributed by atoms with Gasteiger partial charge in [0, 0.05) is 11.3 Å². The van der Waals surface area contributed by atoms with Gasteiger partial charge in [0.05, 0.1) is 5.92 Å². The quantitative estimate of drug-likeness (QED) is 0.805. The van der Waals surface area contributed by atoms with E-state index in [2.05, 4.69) is 5.10 Å². The van der Waals surface area contributed by atoms with Crippen LogP contribution in [0.15, 0.2) is 29.4 Å². The molecule has 0 aromatic heterocycles. The predicted octanol–water partition coefficient (Wildman–Crippen LogP) is 3.08. The van der Waals surface area contributed by atoms with Gasteiger partial charge >= 0.3 is 6.18 Å². The second-order valence-electron chi connectivity index (χ2n) is 5.74. The first kappa shape index (κ1) is 15.9. The normalized spacial score (nSPS) is 27.6. The molecule has 1 aromatic carbocycles. The molecule has 1 N–H and O–H groups in total. The summed E-state index contributed by atoms with van der Waals surface area (Å²) >= 11 is 0. The molecule has 1 fully saturated rings. The Morgan fingerprint density at radius 2 is 2.09 bits per heavy atom. The highest BCUT2D eigenvalue weighted by atomic mass is 19.4. The van der Waals surface area contributed by atoms with Crippen molar-refractivity contribution in [2.24, 2.45) is 11.0 Å². The molecule has 1 aromatic rings. The van der Waals surface area contributed by atoms with E-state index in [0.29, 0.717) is 19.3 Å². The summed E-state index contributed by atoms with van der Waals surface area (Å²) in [5.74, 6) is -3.20. The van der Waals surface area contributed by atoms with Crippen molar-refractivity contribution in [3.63, 3.8) is 0 Å². The Hall–Kier alpha value is -1.96. The molecular formula is C15H14F4N2O2. The molecule has 0 radical (unpaired) electrons. The summed E-state index contributed by atoms with van der Waals surface area (Å²) in [6.07, 6.45) is -3.49. The molecular weight excluding hydrogens is 316 g/mol. The van der Waals surface area contributed by atoms with E-state index in [1.165, 1.54) is 12.1 Å². The topological polar surface area (TPSA) is 52.9 Å². The van der Waals surface area contributed by atoms with Gasteiger partial charge < -0.3 is 5.11 Å². The van der Waals surface area contributed by atoms with Crippen LogP contribution in [0.4, 0.5) is 17.6 Å². The Labute approximate surface area is 129 Å². The lowest BCUT2D eigenvalue weighted by Crippen LogP contribution is -2.61. The second-order valence-corrected chi connectivity index (χ2v) is 5.74. The minimum absolute atomic E-state index is 0.0765. The first-order valence-electron chi connectivity index (χ1n) is 7.21. The monoisotopic (exact) mass is 330 g/mol. The number of hydrogen-bond donors (Lipinski definition) is 1. The van der Waals surface area contributed by atoms with Crippen LogP contribution in [0, 0.1) is 11.7 Å². The number of alkyl halides is 3. The fraction of sp³-hybridized carbons (Fsp3) is 0.467. The number of fused-ring (bicyclic) bond motifs is 1. The summed E-state index contributed by atoms with van der Waals surface area (Å²) < 4.78 is 53.8. The van der Waals surface area contributed by atoms with Gasteiger partial charge in [0.2, 0.25) is 0 Å². The molecule has 0 saturated heterocycles. The van der Waals surface area contributed by atoms with E-state index in [4.69, 9.17) is 0 Å². The fourth-order valence-electron chi connectivity index (χ4n) is 3.16. The lowest BCUT2D eigenvalue weighted by Gasteiger charge is -2.38. The SMILES string of the molecule is O=C(c1cccc(F)c1)N1N=C2CCCC[C@H]2[C@]1(O)C(F)(F)F. The zero-order valence-corrected chi connectivity index (χ0v) is 12.0. The molecule has 0 bridgehead atoms. The number of carbonyl (C=O) groups is 1. The van der Waals surface area contributed by atoms with Crippen LogP contribution >= 0.6 is 0 Å². The molecule has 0 unspecified atom stereocenters. The minimum atomic E-state index is -5.07. The third kappa shape index (κ3) is 2.41. The fourth-order valence-corrected chi connectivity index (χ4v) is 3.16. The van der Waals surface area contributed by atoms with Crippen LogP contribution in [0.2, 0.25) is 0 Å². The predicted molar refractivity (Wildman–Crippen MR) is 73.0 cm³/mol. The van der Waals surface area contributed by atoms with Gasteiger partial charge in [-0.05, 0) is 37.5 Å². The lowest BCUT2D eigenvalue weighted by molar-refractivity contribution is -0.312. The van der Waals surface area contributed by atoms with E-state index in [0.717, 1.165) is 12.1 Å². The van der Waals surface area contributed by atoms with Crippen molar-refractivity contribution < 1.29 is 27.5 Å². The van der Waals surface area contributed by atoms with Crippen LogP contribution in [0.1, 0.15) is 36.0 Å². The van der Waals surface area contributed by atoms with E-state index >= 15 is 0 Å². The van der Waals surface area contributed by atoms with Gasteiger partial charge in [0.1, 0.15) is 5.82 Å². The number of amides is 1. The first-order valence-corrected chi connectivity index (χ1v) is 7.21. The van der Waals surface area contributed by atoms with Crippen LogP contribution in [0.25, 0.3) is 0 Å². The molecule has 1 saturated carbocycles. The summed E-state index contributed by atoms with van der Waals surface area (Å²) in [5.41, 5.74) is -3.51. The summed E-state index contributed by atoms with van der Waals surface area (Å²) in [5, 5.41) is 14.2. The van der Waals surface area contributed by atoms with Crippen LogP contribution in [-0.4, -0.2) is 33.6 Å². The second kappa shape index (κ2) is 5.30. The number of nitrogens with zero attached hydrogens (tertiary/aromatic N) is 2. The highest BCUT2D eigenvalue weighted by Gasteiger charge is 2.68. The van der Waals surface area contributed by atoms with Gasteiger partial charge in [-0.25, -0.2) is 4.39 Å². The highest BCUT2D eigenvalue weighted by molar-refractivity contribution is 5.99. The maximum absolute atomic E-state index is 13.5. The molecule has 1 heterocycles. The molecule has 4 nitrogen and oxygen atoms in total. The highest BCUT2D eigenvalue weighted by Crippen LogP contribution is 2.48. The van der Waals surface area contributed by atoms with Gasteiger partial charge in [0.25, 0.3) is 11.6 Å². The van der Waals surface area contributed by atoms with Gasteiger partial charge in [0.15, 0.2) is 0 Å². The van der Waals surface area contributed by atoms with Gasteiger partial charge in [-0.15, -0.1) is 0 Å². The number of halogens is 4. The number of hydrazone groups is 1. The summed E-state index contributed by atoms with van der Waals surface area (Å²) in [6, 6.07) is 4.29. The number of hydrogen-bond acceptors (Lipinski definition) is 3. The largest absolute Gasteiger partial charge is 0.439 e. The third-order valence-corrected chi connectivity index (χ3v) is 4.30. The third-order valence-electron chi connectivity index (χ3n) is 4.30. The Morgan fingerprint density at radius 1 is 1.35 bits per heavy atom. The van der Waals surface area contributed by atoms with Crippen LogP contribution in [-0.2, 0) is 0 Å². The Bertz CT molecular complexity index is 674. The van der Waals surface area contributed by atoms with Gasteiger partial charge in [-0.1, -0.05) is 12.5 Å². The van der Waals surface area contributed by atoms with Crippen molar-refractivity contribution >= 4 is 11.6 Å². The van der Waals surface area contributed by atoms with Crippen molar-refractivity contribution in [2.75, 3.05) is 0 Å². The standard InChI is InChI=1S/C15H14F4N2O2/c16-10-5-3-4-9(8-10)13(22)21-14(23,15(17,18)19)11-6-1-2-7-12(11)20-21/h3-5,8,11,23H,1-2,6-7H2/t11-,14+/m1/s1. The van der Waals surface area contributed by atoms with Gasteiger partial charge in [-0.2, -0.15) is 23.3 Å². The molecule has 0 spiro atoms. The van der Waals surface area contributed by atoms with Crippen molar-refractivity contribution in [1.82, 2.24) is 5.01 Å². The Balaban J connectivity index is 2.05. The molecule has 23 heavy (non-hydrogen) atoms. The molecule has 1 amide bonds. The summed E-state index contributed by atoms with van der Waals surface area (Å²) in [4.78, 5) is 12.4. The van der Waals surface area contributed by atoms with E-state index in [-0.39, 0.29) is 22.7 Å². The average Bonchev–Trinajstić information content (AvgIpc) is 2.81. The average molecular weight is 330 g/mol. The molecule has 2 aliphatic rings. The van der Waals surface area contributed by atoms with Crippen molar-refractivity contribution in [1.29, 1.82) is 0 Å². The lowest BCUT2D eigenvalue weighted by atomic mass is 9.80. The van der Waals surface area contributed by atoms with E-state index in [1.807, 2.05) is 0 Å². The number of benzene rings is 1. The molecule has 124 valence electrons. The summed E-state index contributed by atoms with van der Waals surface area (Å²) in [7, 11) is 0. The number of rotatable bonds is 1. The number of carbonyl (C=O) groups excluding carboxylic acids is 1. The van der Waals surface area contributed by atoms with Gasteiger partial charge in [-0.3, -0.25) is 4.79 Å². The van der Waals surface area contributed by atoms with Crippen LogP contribution in [0.5, 0.6) is 0 Å². The molecule has 3 rings (SSSR count). The molecule has 1 aliphatic carbocycles. The molecule has 2 atom stereocenters. The zero-order valence-electron chi connectivity index (χ0n) is 12.0. The maximum atomic E-state index is 13.5. The van der Waals surface area contributed by atoms with Crippen molar-refractivity contribution in [3.8, 4) is 0 Å². The summed E-state index contributed by atoms with van der Waals surface area (Å²) in [6.45, 7) is 0. The van der Waals surface area contributed by atoms with E-state index < -0.39 is 29.5 Å². The van der Waals surface area contributed by atoms with Crippen molar-refractivity contribution in [2.45, 2.75) is 37.6 Å². The molecule has 1 aliphatic heterocycles. The van der Waals surface area contributed by atoms with Crippen LogP contribution in [0.3, 0.4) is 0 Å². The minimum Gasteiger partial charge on any atom is -0.362 e. The number of aliphatic hydroxyl groups is 1. The Kier molecular flexibility index (Phi) is 3.66. The first-order chi connectivity index (χ1) is 10.7. The maximum Gasteiger partial charge on any atom is 0.439 e. The Morgan fingerprint density at radius 3 is 2.74 bits per heavy atom. The van der Waals surface area contributed by atoms with E-state index in [1.54, 1.807) is 0 Å². The van der Waals surface area contributed by atoms with E-state index in [9.17, 15) is 27.5 Å². The van der Waals surface area contributed by atoms with Crippen LogP contribution < -0.4 is 0 Å².